The van der Waals surface area contributed by atoms with E-state index in [9.17, 15) is 43.8 Å². The zero-order chi connectivity index (χ0) is 34.0. The maximum atomic E-state index is 12.3. The Hall–Kier alpha value is -3.43. The quantitative estimate of drug-likeness (QED) is 0.0715. The second-order valence-corrected chi connectivity index (χ2v) is 10.5. The summed E-state index contributed by atoms with van der Waals surface area (Å²) in [7, 11) is 0. The number of rotatable bonds is 29. The zero-order valence-corrected chi connectivity index (χ0v) is 26.7. The van der Waals surface area contributed by atoms with E-state index in [1.54, 1.807) is 13.8 Å². The SMILES string of the molecule is CCOCC(=O)NCCOCCOCC(=O)C[C@@H](CCC(=O)N[C@@H](CCC(=O)NCCCC[C@H](CC)C(C)=O)C(=O)O)C(=O)O. The molecule has 0 aliphatic heterocycles. The second kappa shape index (κ2) is 25.9. The average Bonchev–Trinajstić information content (AvgIpc) is 2.98. The van der Waals surface area contributed by atoms with Crippen molar-refractivity contribution in [3.8, 4) is 0 Å². The van der Waals surface area contributed by atoms with Crippen LogP contribution in [0.25, 0.3) is 0 Å². The fourth-order valence-corrected chi connectivity index (χ4v) is 4.19. The number of aliphatic carboxylic acids is 2. The van der Waals surface area contributed by atoms with Gasteiger partial charge >= 0.3 is 11.9 Å². The van der Waals surface area contributed by atoms with E-state index in [0.29, 0.717) is 19.6 Å². The highest BCUT2D eigenvalue weighted by Crippen LogP contribution is 2.14. The van der Waals surface area contributed by atoms with Crippen molar-refractivity contribution in [3.05, 3.63) is 0 Å². The minimum Gasteiger partial charge on any atom is -0.481 e. The van der Waals surface area contributed by atoms with Gasteiger partial charge < -0.3 is 40.4 Å². The number of ether oxygens (including phenoxy) is 3. The Morgan fingerprint density at radius 2 is 1.33 bits per heavy atom. The highest BCUT2D eigenvalue weighted by molar-refractivity contribution is 5.86. The topological polar surface area (TPSA) is 224 Å². The molecule has 258 valence electrons. The third-order valence-corrected chi connectivity index (χ3v) is 6.85. The van der Waals surface area contributed by atoms with Gasteiger partial charge in [0.25, 0.3) is 0 Å². The summed E-state index contributed by atoms with van der Waals surface area (Å²) in [6, 6.07) is -1.34. The van der Waals surface area contributed by atoms with Crippen LogP contribution in [0.1, 0.15) is 78.6 Å². The summed E-state index contributed by atoms with van der Waals surface area (Å²) in [5, 5.41) is 26.5. The monoisotopic (exact) mass is 645 g/mol. The fraction of sp³-hybridized carbons (Fsp3) is 0.767. The first-order chi connectivity index (χ1) is 21.4. The number of hydrogen-bond acceptors (Lipinski definition) is 10. The summed E-state index contributed by atoms with van der Waals surface area (Å²) in [5.74, 6) is -5.42. The number of carbonyl (C=O) groups excluding carboxylic acids is 5. The first-order valence-corrected chi connectivity index (χ1v) is 15.4. The molecule has 3 amide bonds. The van der Waals surface area contributed by atoms with Gasteiger partial charge in [0.05, 0.1) is 25.7 Å². The molecular formula is C30H51N3O12. The predicted octanol–water partition coefficient (Wildman–Crippen LogP) is 0.864. The summed E-state index contributed by atoms with van der Waals surface area (Å²) < 4.78 is 15.4. The minimum absolute atomic E-state index is 0.0162. The van der Waals surface area contributed by atoms with E-state index < -0.39 is 35.6 Å². The largest absolute Gasteiger partial charge is 0.481 e. The maximum Gasteiger partial charge on any atom is 0.326 e. The van der Waals surface area contributed by atoms with Crippen LogP contribution >= 0.6 is 0 Å². The van der Waals surface area contributed by atoms with Crippen LogP contribution in [0.3, 0.4) is 0 Å². The van der Waals surface area contributed by atoms with E-state index in [1.165, 1.54) is 0 Å². The predicted molar refractivity (Wildman–Crippen MR) is 161 cm³/mol. The van der Waals surface area contributed by atoms with Gasteiger partial charge in [0.1, 0.15) is 25.0 Å². The molecule has 0 saturated carbocycles. The molecule has 0 aliphatic rings. The van der Waals surface area contributed by atoms with E-state index in [4.69, 9.17) is 14.2 Å². The van der Waals surface area contributed by atoms with Crippen LogP contribution in [-0.2, 0) is 47.8 Å². The van der Waals surface area contributed by atoms with Crippen LogP contribution < -0.4 is 16.0 Å². The molecule has 0 aromatic heterocycles. The number of Topliss-reactive ketones (excluding diaryl/α,β-unsaturated/α-hetero) is 2. The molecule has 0 unspecified atom stereocenters. The number of ketones is 2. The Bertz CT molecular complexity index is 943. The van der Waals surface area contributed by atoms with Crippen molar-refractivity contribution in [3.63, 3.8) is 0 Å². The van der Waals surface area contributed by atoms with Crippen LogP contribution in [-0.4, -0.2) is 110 Å². The number of amides is 3. The molecule has 0 aromatic rings. The van der Waals surface area contributed by atoms with Gasteiger partial charge in [-0.25, -0.2) is 4.79 Å². The molecule has 3 atom stereocenters. The van der Waals surface area contributed by atoms with Crippen molar-refractivity contribution in [2.75, 3.05) is 52.7 Å². The summed E-state index contributed by atoms with van der Waals surface area (Å²) in [5.41, 5.74) is 0. The number of carboxylic acids is 2. The molecule has 5 N–H and O–H groups in total. The normalized spacial score (nSPS) is 12.9. The number of hydrogen-bond donors (Lipinski definition) is 5. The Balaban J connectivity index is 4.29. The van der Waals surface area contributed by atoms with Crippen molar-refractivity contribution < 1.29 is 58.0 Å². The molecule has 0 bridgehead atoms. The molecule has 0 fully saturated rings. The average molecular weight is 646 g/mol. The molecule has 15 nitrogen and oxygen atoms in total. The third kappa shape index (κ3) is 22.7. The van der Waals surface area contributed by atoms with Gasteiger partial charge in [-0.1, -0.05) is 13.3 Å². The zero-order valence-electron chi connectivity index (χ0n) is 26.7. The lowest BCUT2D eigenvalue weighted by Crippen LogP contribution is -2.42. The fourth-order valence-electron chi connectivity index (χ4n) is 4.19. The first-order valence-electron chi connectivity index (χ1n) is 15.4. The van der Waals surface area contributed by atoms with Crippen molar-refractivity contribution in [2.24, 2.45) is 11.8 Å². The van der Waals surface area contributed by atoms with E-state index in [1.807, 2.05) is 6.92 Å². The first kappa shape index (κ1) is 41.6. The van der Waals surface area contributed by atoms with Crippen LogP contribution in [0.4, 0.5) is 0 Å². The molecule has 0 spiro atoms. The molecule has 0 heterocycles. The highest BCUT2D eigenvalue weighted by Gasteiger charge is 2.25. The lowest BCUT2D eigenvalue weighted by atomic mass is 9.95. The number of nitrogens with one attached hydrogen (secondary N) is 3. The molecular weight excluding hydrogens is 594 g/mol. The van der Waals surface area contributed by atoms with Gasteiger partial charge in [0.2, 0.25) is 17.7 Å². The number of carbonyl (C=O) groups is 7. The summed E-state index contributed by atoms with van der Waals surface area (Å²) >= 11 is 0. The molecule has 45 heavy (non-hydrogen) atoms. The van der Waals surface area contributed by atoms with Crippen LogP contribution in [0, 0.1) is 11.8 Å². The van der Waals surface area contributed by atoms with Crippen molar-refractivity contribution in [2.45, 2.75) is 84.6 Å². The Morgan fingerprint density at radius 1 is 0.667 bits per heavy atom. The third-order valence-electron chi connectivity index (χ3n) is 6.85. The maximum absolute atomic E-state index is 12.3. The molecule has 0 rings (SSSR count). The van der Waals surface area contributed by atoms with Crippen molar-refractivity contribution in [1.29, 1.82) is 0 Å². The van der Waals surface area contributed by atoms with E-state index in [-0.39, 0.29) is 95.2 Å². The Labute approximate surface area is 264 Å². The van der Waals surface area contributed by atoms with E-state index in [0.717, 1.165) is 19.3 Å². The summed E-state index contributed by atoms with van der Waals surface area (Å²) in [6.07, 6.45) is 1.80. The summed E-state index contributed by atoms with van der Waals surface area (Å²) in [4.78, 5) is 82.7. The lowest BCUT2D eigenvalue weighted by molar-refractivity contribution is -0.145. The Morgan fingerprint density at radius 3 is 1.96 bits per heavy atom. The molecule has 0 radical (unpaired) electrons. The molecule has 0 saturated heterocycles. The number of unbranched alkanes of at least 4 members (excludes halogenated alkanes) is 1. The lowest BCUT2D eigenvalue weighted by Gasteiger charge is -2.16. The van der Waals surface area contributed by atoms with Gasteiger partial charge in [0.15, 0.2) is 5.78 Å². The van der Waals surface area contributed by atoms with Crippen LogP contribution in [0.2, 0.25) is 0 Å². The highest BCUT2D eigenvalue weighted by atomic mass is 16.5. The second-order valence-electron chi connectivity index (χ2n) is 10.5. The van der Waals surface area contributed by atoms with Gasteiger partial charge in [-0.05, 0) is 46.0 Å². The van der Waals surface area contributed by atoms with Crippen molar-refractivity contribution in [1.82, 2.24) is 16.0 Å². The molecule has 0 aliphatic carbocycles. The van der Waals surface area contributed by atoms with Crippen LogP contribution in [0.15, 0.2) is 0 Å². The van der Waals surface area contributed by atoms with Gasteiger partial charge in [-0.2, -0.15) is 0 Å². The summed E-state index contributed by atoms with van der Waals surface area (Å²) in [6.45, 7) is 6.50. The molecule has 15 heteroatoms. The number of carboxylic acid groups (broad SMARTS) is 2. The van der Waals surface area contributed by atoms with Gasteiger partial charge in [-0.15, -0.1) is 0 Å². The van der Waals surface area contributed by atoms with Crippen LogP contribution in [0.5, 0.6) is 0 Å². The van der Waals surface area contributed by atoms with E-state index >= 15 is 0 Å². The van der Waals surface area contributed by atoms with Crippen molar-refractivity contribution >= 4 is 41.2 Å². The molecule has 0 aromatic carbocycles. The Kier molecular flexibility index (Phi) is 23.9. The minimum atomic E-state index is -1.34. The van der Waals surface area contributed by atoms with Gasteiger partial charge in [-0.3, -0.25) is 28.8 Å². The van der Waals surface area contributed by atoms with Gasteiger partial charge in [0, 0.05) is 44.9 Å². The smallest absolute Gasteiger partial charge is 0.326 e. The van der Waals surface area contributed by atoms with E-state index in [2.05, 4.69) is 16.0 Å². The standard InChI is InChI=1S/C30H51N3O12/c1-4-22(21(3)34)8-6-7-13-31-26(36)12-10-25(30(41)42)33-27(37)11-9-23(29(39)40)18-24(35)19-45-17-16-44-15-14-32-28(38)20-43-5-2/h22-23,25H,4-20H2,1-3H3,(H,31,36)(H,32,38)(H,33,37)(H,39,40)(H,41,42)/t22-,23+,25-/m0/s1.